The van der Waals surface area contributed by atoms with Crippen LogP contribution in [0.15, 0.2) is 41.3 Å². The molecule has 0 spiro atoms. The molecule has 2 rings (SSSR count). The molecule has 0 heterocycles. The van der Waals surface area contributed by atoms with Gasteiger partial charge in [0.1, 0.15) is 5.75 Å². The van der Waals surface area contributed by atoms with Crippen molar-refractivity contribution in [2.75, 3.05) is 20.1 Å². The van der Waals surface area contributed by atoms with E-state index in [0.29, 0.717) is 10.4 Å². The smallest absolute Gasteiger partial charge is 0.240 e. The molecule has 2 aromatic rings. The molecule has 2 aromatic carbocycles. The quantitative estimate of drug-likeness (QED) is 0.810. The summed E-state index contributed by atoms with van der Waals surface area (Å²) in [5, 5.41) is 22.2. The highest BCUT2D eigenvalue weighted by molar-refractivity contribution is 7.89. The Balaban J connectivity index is 2.25. The lowest BCUT2D eigenvalue weighted by Gasteiger charge is -2.21. The summed E-state index contributed by atoms with van der Waals surface area (Å²) in [6, 6.07) is 9.32. The predicted octanol–water partition coefficient (Wildman–Crippen LogP) is 1.25. The summed E-state index contributed by atoms with van der Waals surface area (Å²) in [6.45, 7) is 0.136. The Hall–Kier alpha value is -1.67. The first-order valence-electron chi connectivity index (χ1n) is 5.99. The van der Waals surface area contributed by atoms with E-state index in [1.807, 2.05) is 0 Å². The first-order valence-corrected chi connectivity index (χ1v) is 7.47. The standard InChI is InChI=1S/C13H15N2O4S/c1-15(17)7-6-14-20(18,19)13-5-3-10-8-12(16)4-2-11(10)9-13/h2-5,8-9,14,16H,6-7H2,1H3/q-1. The van der Waals surface area contributed by atoms with Crippen LogP contribution in [0.25, 0.3) is 10.8 Å². The number of hydrogen-bond donors (Lipinski definition) is 2. The number of fused-ring (bicyclic) bond motifs is 1. The summed E-state index contributed by atoms with van der Waals surface area (Å²) < 4.78 is 26.5. The maximum Gasteiger partial charge on any atom is 0.240 e. The third-order valence-corrected chi connectivity index (χ3v) is 4.28. The molecule has 0 unspecified atom stereocenters. The van der Waals surface area contributed by atoms with Crippen molar-refractivity contribution in [3.8, 4) is 5.75 Å². The average Bonchev–Trinajstić information content (AvgIpc) is 2.37. The van der Waals surface area contributed by atoms with Crippen LogP contribution >= 0.6 is 0 Å². The summed E-state index contributed by atoms with van der Waals surface area (Å²) >= 11 is 0. The number of likely N-dealkylation sites (N-methyl/N-ethyl adjacent to an activating group) is 1. The molecule has 2 N–H and O–H groups in total. The van der Waals surface area contributed by atoms with Crippen LogP contribution in [-0.4, -0.2) is 38.7 Å². The van der Waals surface area contributed by atoms with Gasteiger partial charge in [0.15, 0.2) is 0 Å². The number of benzene rings is 2. The van der Waals surface area contributed by atoms with Crippen LogP contribution in [0.4, 0.5) is 0 Å². The van der Waals surface area contributed by atoms with E-state index in [0.717, 1.165) is 5.39 Å². The molecule has 0 aliphatic heterocycles. The third kappa shape index (κ3) is 3.45. The second kappa shape index (κ2) is 5.76. The molecule has 0 aliphatic carbocycles. The van der Waals surface area contributed by atoms with Crippen LogP contribution in [0.3, 0.4) is 0 Å². The fourth-order valence-electron chi connectivity index (χ4n) is 1.80. The zero-order chi connectivity index (χ0) is 14.8. The van der Waals surface area contributed by atoms with Gasteiger partial charge in [-0.25, -0.2) is 13.1 Å². The molecule has 6 nitrogen and oxygen atoms in total. The third-order valence-electron chi connectivity index (χ3n) is 2.82. The van der Waals surface area contributed by atoms with Crippen molar-refractivity contribution in [2.45, 2.75) is 4.90 Å². The lowest BCUT2D eigenvalue weighted by atomic mass is 10.1. The minimum Gasteiger partial charge on any atom is -0.785 e. The van der Waals surface area contributed by atoms with Gasteiger partial charge < -0.3 is 15.4 Å². The Kier molecular flexibility index (Phi) is 4.24. The van der Waals surface area contributed by atoms with Gasteiger partial charge in [-0.15, -0.1) is 0 Å². The minimum atomic E-state index is -3.64. The lowest BCUT2D eigenvalue weighted by molar-refractivity contribution is 0.459. The monoisotopic (exact) mass is 295 g/mol. The molecule has 0 aliphatic rings. The number of nitrogens with zero attached hydrogens (tertiary/aromatic N) is 1. The van der Waals surface area contributed by atoms with E-state index in [1.54, 1.807) is 18.2 Å². The number of hydrogen-bond acceptors (Lipinski definition) is 5. The number of nitrogens with one attached hydrogen (secondary N) is 1. The molecule has 7 heteroatoms. The van der Waals surface area contributed by atoms with E-state index in [1.165, 1.54) is 25.2 Å². The molecule has 0 saturated carbocycles. The van der Waals surface area contributed by atoms with Gasteiger partial charge >= 0.3 is 0 Å². The molecule has 0 amide bonds. The molecule has 0 saturated heterocycles. The summed E-state index contributed by atoms with van der Waals surface area (Å²) in [5.74, 6) is 0.129. The van der Waals surface area contributed by atoms with Gasteiger partial charge in [-0.05, 0) is 48.6 Å². The summed E-state index contributed by atoms with van der Waals surface area (Å²) in [6.07, 6.45) is 0. The van der Waals surface area contributed by atoms with Gasteiger partial charge in [-0.3, -0.25) is 0 Å². The van der Waals surface area contributed by atoms with Crippen molar-refractivity contribution >= 4 is 20.8 Å². The lowest BCUT2D eigenvalue weighted by Crippen LogP contribution is -2.30. The molecule has 20 heavy (non-hydrogen) atoms. The number of phenolic OH excluding ortho intramolecular Hbond substituents is 1. The van der Waals surface area contributed by atoms with Crippen molar-refractivity contribution in [2.24, 2.45) is 0 Å². The van der Waals surface area contributed by atoms with E-state index < -0.39 is 10.0 Å². The van der Waals surface area contributed by atoms with Crippen LogP contribution in [0.5, 0.6) is 5.75 Å². The Bertz CT molecular complexity index is 713. The molecule has 0 bridgehead atoms. The van der Waals surface area contributed by atoms with E-state index >= 15 is 0 Å². The minimum absolute atomic E-state index is 0.0515. The highest BCUT2D eigenvalue weighted by Gasteiger charge is 2.13. The topological polar surface area (TPSA) is 92.7 Å². The van der Waals surface area contributed by atoms with Crippen molar-refractivity contribution in [3.63, 3.8) is 0 Å². The van der Waals surface area contributed by atoms with E-state index in [2.05, 4.69) is 4.72 Å². The molecule has 0 fully saturated rings. The molecule has 0 aromatic heterocycles. The summed E-state index contributed by atoms with van der Waals surface area (Å²) in [5.41, 5.74) is 0. The Morgan fingerprint density at radius 3 is 2.55 bits per heavy atom. The number of sulfonamides is 1. The van der Waals surface area contributed by atoms with Gasteiger partial charge in [-0.2, -0.15) is 0 Å². The maximum atomic E-state index is 12.0. The van der Waals surface area contributed by atoms with Crippen molar-refractivity contribution < 1.29 is 13.5 Å². The first kappa shape index (κ1) is 14.7. The average molecular weight is 295 g/mol. The largest absolute Gasteiger partial charge is 0.785 e. The molecular formula is C13H15N2O4S-. The fraction of sp³-hybridized carbons (Fsp3) is 0.231. The number of phenols is 1. The predicted molar refractivity (Wildman–Crippen MR) is 76.8 cm³/mol. The van der Waals surface area contributed by atoms with E-state index in [-0.39, 0.29) is 23.7 Å². The highest BCUT2D eigenvalue weighted by Crippen LogP contribution is 2.22. The number of aromatic hydroxyl groups is 1. The Labute approximate surface area is 117 Å². The SMILES string of the molecule is CN([O-])CCNS(=O)(=O)c1ccc2cc(O)ccc2c1. The first-order chi connectivity index (χ1) is 9.38. The normalized spacial score (nSPS) is 12.2. The summed E-state index contributed by atoms with van der Waals surface area (Å²) in [7, 11) is -2.31. The second-order valence-corrected chi connectivity index (χ2v) is 6.21. The van der Waals surface area contributed by atoms with Gasteiger partial charge in [0.2, 0.25) is 10.0 Å². The Morgan fingerprint density at radius 2 is 1.85 bits per heavy atom. The molecule has 0 radical (unpaired) electrons. The second-order valence-electron chi connectivity index (χ2n) is 4.44. The van der Waals surface area contributed by atoms with Crippen molar-refractivity contribution in [3.05, 3.63) is 41.6 Å². The fourth-order valence-corrected chi connectivity index (χ4v) is 2.86. The number of rotatable bonds is 5. The van der Waals surface area contributed by atoms with Crippen molar-refractivity contribution in [1.82, 2.24) is 9.79 Å². The summed E-state index contributed by atoms with van der Waals surface area (Å²) in [4.78, 5) is 0.129. The van der Waals surface area contributed by atoms with Gasteiger partial charge in [0.05, 0.1) is 4.90 Å². The molecule has 108 valence electrons. The molecular weight excluding hydrogens is 280 g/mol. The number of hydroxylamine groups is 2. The van der Waals surface area contributed by atoms with Gasteiger partial charge in [0.25, 0.3) is 0 Å². The van der Waals surface area contributed by atoms with E-state index in [9.17, 15) is 18.7 Å². The van der Waals surface area contributed by atoms with E-state index in [4.69, 9.17) is 0 Å². The van der Waals surface area contributed by atoms with Gasteiger partial charge in [-0.1, -0.05) is 12.1 Å². The van der Waals surface area contributed by atoms with Crippen LogP contribution in [0.1, 0.15) is 0 Å². The van der Waals surface area contributed by atoms with Crippen LogP contribution in [0, 0.1) is 5.21 Å². The van der Waals surface area contributed by atoms with Crippen LogP contribution < -0.4 is 4.72 Å². The molecule has 0 atom stereocenters. The highest BCUT2D eigenvalue weighted by atomic mass is 32.2. The van der Waals surface area contributed by atoms with Crippen LogP contribution in [-0.2, 0) is 10.0 Å². The van der Waals surface area contributed by atoms with Crippen LogP contribution in [0.2, 0.25) is 0 Å². The Morgan fingerprint density at radius 1 is 1.20 bits per heavy atom. The zero-order valence-electron chi connectivity index (χ0n) is 10.9. The van der Waals surface area contributed by atoms with Gasteiger partial charge in [0, 0.05) is 6.54 Å². The van der Waals surface area contributed by atoms with Crippen molar-refractivity contribution in [1.29, 1.82) is 0 Å². The zero-order valence-corrected chi connectivity index (χ0v) is 11.7. The maximum absolute atomic E-state index is 12.0.